The summed E-state index contributed by atoms with van der Waals surface area (Å²) in [6.45, 7) is 3.51. The molecule has 4 nitrogen and oxygen atoms in total. The maximum absolute atomic E-state index is 11.3. The lowest BCUT2D eigenvalue weighted by atomic mass is 9.96. The molecule has 1 fully saturated rings. The molecule has 98 valence electrons. The Morgan fingerprint density at radius 3 is 2.83 bits per heavy atom. The standard InChI is InChI=1S/C13H18ClN3O/c1-8-5-10(15)6-11(14)12(8)17-4-2-3-9(7-17)13(16)18/h5-6,9H,2-4,7,15H2,1H3,(H2,16,18). The zero-order chi connectivity index (χ0) is 13.3. The number of rotatable bonds is 2. The summed E-state index contributed by atoms with van der Waals surface area (Å²) in [6.07, 6.45) is 1.81. The molecule has 1 aliphatic rings. The Morgan fingerprint density at radius 1 is 1.50 bits per heavy atom. The first-order valence-corrected chi connectivity index (χ1v) is 6.46. The molecule has 0 radical (unpaired) electrons. The topological polar surface area (TPSA) is 72.3 Å². The summed E-state index contributed by atoms with van der Waals surface area (Å²) in [6, 6.07) is 3.65. The van der Waals surface area contributed by atoms with Crippen LogP contribution < -0.4 is 16.4 Å². The van der Waals surface area contributed by atoms with E-state index in [2.05, 4.69) is 4.90 Å². The number of benzene rings is 1. The molecule has 0 spiro atoms. The SMILES string of the molecule is Cc1cc(N)cc(Cl)c1N1CCCC(C(N)=O)C1. The number of amides is 1. The number of primary amides is 1. The number of hydrogen-bond donors (Lipinski definition) is 2. The van der Waals surface area contributed by atoms with Gasteiger partial charge in [0.2, 0.25) is 5.91 Å². The zero-order valence-electron chi connectivity index (χ0n) is 10.4. The Bertz CT molecular complexity index is 452. The first-order valence-electron chi connectivity index (χ1n) is 6.09. The van der Waals surface area contributed by atoms with E-state index in [4.69, 9.17) is 23.1 Å². The molecule has 0 bridgehead atoms. The van der Waals surface area contributed by atoms with Crippen LogP contribution in [0.25, 0.3) is 0 Å². The van der Waals surface area contributed by atoms with Crippen molar-refractivity contribution in [1.29, 1.82) is 0 Å². The monoisotopic (exact) mass is 267 g/mol. The fraction of sp³-hybridized carbons (Fsp3) is 0.462. The number of anilines is 2. The van der Waals surface area contributed by atoms with E-state index >= 15 is 0 Å². The van der Waals surface area contributed by atoms with Crippen LogP contribution in [0.2, 0.25) is 5.02 Å². The minimum Gasteiger partial charge on any atom is -0.399 e. The molecular weight excluding hydrogens is 250 g/mol. The first-order chi connectivity index (χ1) is 8.49. The number of carbonyl (C=O) groups excluding carboxylic acids is 1. The normalized spacial score (nSPS) is 19.9. The molecule has 1 saturated heterocycles. The van der Waals surface area contributed by atoms with Crippen LogP contribution in [0.5, 0.6) is 0 Å². The molecule has 18 heavy (non-hydrogen) atoms. The Kier molecular flexibility index (Phi) is 3.66. The molecule has 1 atom stereocenters. The summed E-state index contributed by atoms with van der Waals surface area (Å²) >= 11 is 6.26. The lowest BCUT2D eigenvalue weighted by Crippen LogP contribution is -2.41. The van der Waals surface area contributed by atoms with E-state index < -0.39 is 0 Å². The van der Waals surface area contributed by atoms with Gasteiger partial charge in [-0.1, -0.05) is 11.6 Å². The minimum atomic E-state index is -0.232. The minimum absolute atomic E-state index is 0.0910. The fourth-order valence-corrected chi connectivity index (χ4v) is 2.97. The third kappa shape index (κ3) is 2.53. The van der Waals surface area contributed by atoms with Crippen LogP contribution >= 0.6 is 11.6 Å². The fourth-order valence-electron chi connectivity index (χ4n) is 2.58. The molecule has 4 N–H and O–H groups in total. The average molecular weight is 268 g/mol. The summed E-state index contributed by atoms with van der Waals surface area (Å²) in [4.78, 5) is 13.4. The van der Waals surface area contributed by atoms with Gasteiger partial charge in [-0.3, -0.25) is 4.79 Å². The van der Waals surface area contributed by atoms with Gasteiger partial charge in [-0.05, 0) is 37.5 Å². The molecule has 2 rings (SSSR count). The zero-order valence-corrected chi connectivity index (χ0v) is 11.2. The van der Waals surface area contributed by atoms with Gasteiger partial charge in [0, 0.05) is 18.8 Å². The van der Waals surface area contributed by atoms with Gasteiger partial charge < -0.3 is 16.4 Å². The highest BCUT2D eigenvalue weighted by molar-refractivity contribution is 6.33. The van der Waals surface area contributed by atoms with E-state index in [-0.39, 0.29) is 11.8 Å². The number of hydrogen-bond acceptors (Lipinski definition) is 3. The molecule has 0 saturated carbocycles. The number of nitrogens with zero attached hydrogens (tertiary/aromatic N) is 1. The number of nitrogen functional groups attached to an aromatic ring is 1. The van der Waals surface area contributed by atoms with Crippen molar-refractivity contribution < 1.29 is 4.79 Å². The summed E-state index contributed by atoms with van der Waals surface area (Å²) in [5.41, 5.74) is 13.8. The maximum Gasteiger partial charge on any atom is 0.222 e. The smallest absolute Gasteiger partial charge is 0.222 e. The van der Waals surface area contributed by atoms with Crippen LogP contribution in [0.3, 0.4) is 0 Å². The van der Waals surface area contributed by atoms with E-state index in [1.165, 1.54) is 0 Å². The van der Waals surface area contributed by atoms with E-state index in [0.717, 1.165) is 30.6 Å². The average Bonchev–Trinajstić information content (AvgIpc) is 2.28. The summed E-state index contributed by atoms with van der Waals surface area (Å²) in [5, 5.41) is 0.637. The van der Waals surface area contributed by atoms with Crippen molar-refractivity contribution in [2.24, 2.45) is 11.7 Å². The maximum atomic E-state index is 11.3. The predicted octanol–water partition coefficient (Wildman–Crippen LogP) is 1.93. The Hall–Kier alpha value is -1.42. The second kappa shape index (κ2) is 5.06. The number of nitrogens with two attached hydrogens (primary N) is 2. The van der Waals surface area contributed by atoms with Crippen LogP contribution in [0.15, 0.2) is 12.1 Å². The molecule has 1 aromatic rings. The van der Waals surface area contributed by atoms with Gasteiger partial charge in [-0.2, -0.15) is 0 Å². The highest BCUT2D eigenvalue weighted by atomic mass is 35.5. The van der Waals surface area contributed by atoms with Gasteiger partial charge in [0.05, 0.1) is 16.6 Å². The van der Waals surface area contributed by atoms with Gasteiger partial charge >= 0.3 is 0 Å². The largest absolute Gasteiger partial charge is 0.399 e. The van der Waals surface area contributed by atoms with Gasteiger partial charge in [-0.15, -0.1) is 0 Å². The molecule has 0 aromatic heterocycles. The van der Waals surface area contributed by atoms with Crippen molar-refractivity contribution in [1.82, 2.24) is 0 Å². The van der Waals surface area contributed by atoms with Crippen molar-refractivity contribution in [3.63, 3.8) is 0 Å². The highest BCUT2D eigenvalue weighted by Gasteiger charge is 2.26. The first kappa shape index (κ1) is 13.0. The Morgan fingerprint density at radius 2 is 2.22 bits per heavy atom. The Balaban J connectivity index is 2.29. The molecule has 1 aromatic carbocycles. The second-order valence-electron chi connectivity index (χ2n) is 4.86. The van der Waals surface area contributed by atoms with Gasteiger partial charge in [0.25, 0.3) is 0 Å². The van der Waals surface area contributed by atoms with Gasteiger partial charge in [0.1, 0.15) is 0 Å². The molecule has 0 aliphatic carbocycles. The number of halogens is 1. The van der Waals surface area contributed by atoms with Gasteiger partial charge in [-0.25, -0.2) is 0 Å². The van der Waals surface area contributed by atoms with Crippen molar-refractivity contribution >= 4 is 28.9 Å². The number of aryl methyl sites for hydroxylation is 1. The molecule has 1 unspecified atom stereocenters. The molecule has 1 aliphatic heterocycles. The van der Waals surface area contributed by atoms with Crippen LogP contribution in [0.1, 0.15) is 18.4 Å². The van der Waals surface area contributed by atoms with E-state index in [9.17, 15) is 4.79 Å². The number of carbonyl (C=O) groups is 1. The van der Waals surface area contributed by atoms with Crippen molar-refractivity contribution in [2.45, 2.75) is 19.8 Å². The third-order valence-corrected chi connectivity index (χ3v) is 3.70. The predicted molar refractivity (Wildman–Crippen MR) is 74.7 cm³/mol. The lowest BCUT2D eigenvalue weighted by Gasteiger charge is -2.34. The van der Waals surface area contributed by atoms with E-state index in [0.29, 0.717) is 17.3 Å². The van der Waals surface area contributed by atoms with Crippen LogP contribution in [-0.2, 0) is 4.79 Å². The second-order valence-corrected chi connectivity index (χ2v) is 5.26. The third-order valence-electron chi connectivity index (χ3n) is 3.42. The highest BCUT2D eigenvalue weighted by Crippen LogP contribution is 2.34. The summed E-state index contributed by atoms with van der Waals surface area (Å²) in [5.74, 6) is -0.323. The number of piperidine rings is 1. The van der Waals surface area contributed by atoms with Crippen molar-refractivity contribution in [3.8, 4) is 0 Å². The summed E-state index contributed by atoms with van der Waals surface area (Å²) < 4.78 is 0. The van der Waals surface area contributed by atoms with Gasteiger partial charge in [0.15, 0.2) is 0 Å². The van der Waals surface area contributed by atoms with Crippen molar-refractivity contribution in [3.05, 3.63) is 22.7 Å². The molecule has 1 amide bonds. The van der Waals surface area contributed by atoms with Crippen LogP contribution in [0, 0.1) is 12.8 Å². The molecule has 5 heteroatoms. The van der Waals surface area contributed by atoms with E-state index in [1.54, 1.807) is 6.07 Å². The quantitative estimate of drug-likeness (QED) is 0.805. The molecule has 1 heterocycles. The van der Waals surface area contributed by atoms with Crippen LogP contribution in [-0.4, -0.2) is 19.0 Å². The lowest BCUT2D eigenvalue weighted by molar-refractivity contribution is -0.122. The Labute approximate surface area is 112 Å². The van der Waals surface area contributed by atoms with E-state index in [1.807, 2.05) is 13.0 Å². The van der Waals surface area contributed by atoms with Crippen LogP contribution in [0.4, 0.5) is 11.4 Å². The van der Waals surface area contributed by atoms with Crippen molar-refractivity contribution in [2.75, 3.05) is 23.7 Å². The summed E-state index contributed by atoms with van der Waals surface area (Å²) in [7, 11) is 0. The molecular formula is C13H18ClN3O.